The number of amides is 1. The lowest BCUT2D eigenvalue weighted by atomic mass is 10.0. The Morgan fingerprint density at radius 1 is 1.35 bits per heavy atom. The van der Waals surface area contributed by atoms with Crippen LogP contribution < -0.4 is 5.32 Å². The topological polar surface area (TPSA) is 105 Å². The normalized spacial score (nSPS) is 12.8. The van der Waals surface area contributed by atoms with E-state index in [9.17, 15) is 13.2 Å². The molecule has 0 spiro atoms. The molecule has 2 rings (SSSR count). The van der Waals surface area contributed by atoms with Crippen molar-refractivity contribution in [3.8, 4) is 0 Å². The molecule has 0 aliphatic heterocycles. The number of aryl methyl sites for hydroxylation is 1. The Bertz CT molecular complexity index is 799. The Kier molecular flexibility index (Phi) is 5.15. The molecule has 0 aromatic carbocycles. The van der Waals surface area contributed by atoms with Gasteiger partial charge in [-0.25, -0.2) is 8.42 Å². The first kappa shape index (κ1) is 17.1. The third-order valence-corrected chi connectivity index (χ3v) is 4.60. The van der Waals surface area contributed by atoms with E-state index in [-0.39, 0.29) is 16.8 Å². The van der Waals surface area contributed by atoms with Gasteiger partial charge in [-0.05, 0) is 25.0 Å². The van der Waals surface area contributed by atoms with Gasteiger partial charge >= 0.3 is 0 Å². The summed E-state index contributed by atoms with van der Waals surface area (Å²) in [5.41, 5.74) is 1.82. The van der Waals surface area contributed by atoms with Crippen LogP contribution in [-0.2, 0) is 9.84 Å². The second-order valence-electron chi connectivity index (χ2n) is 5.45. The minimum atomic E-state index is -3.34. The third kappa shape index (κ3) is 4.16. The van der Waals surface area contributed by atoms with Crippen LogP contribution in [-0.4, -0.2) is 35.8 Å². The predicted molar refractivity (Wildman–Crippen MR) is 85.8 cm³/mol. The Balaban J connectivity index is 2.28. The average Bonchev–Trinajstić information content (AvgIpc) is 2.92. The van der Waals surface area contributed by atoms with Crippen LogP contribution in [0.1, 0.15) is 47.4 Å². The third-order valence-electron chi connectivity index (χ3n) is 3.52. The van der Waals surface area contributed by atoms with Gasteiger partial charge in [0.1, 0.15) is 0 Å². The summed E-state index contributed by atoms with van der Waals surface area (Å²) in [5, 5.41) is 9.48. The molecule has 1 atom stereocenters. The number of carbonyl (C=O) groups excluding carboxylic acids is 1. The summed E-state index contributed by atoms with van der Waals surface area (Å²) < 4.78 is 23.4. The van der Waals surface area contributed by atoms with Gasteiger partial charge in [0.2, 0.25) is 0 Å². The second kappa shape index (κ2) is 6.91. The fourth-order valence-corrected chi connectivity index (χ4v) is 2.86. The molecule has 7 nitrogen and oxygen atoms in total. The Morgan fingerprint density at radius 2 is 2.09 bits per heavy atom. The number of nitrogens with one attached hydrogen (secondary N) is 2. The number of aromatic nitrogens is 3. The van der Waals surface area contributed by atoms with Gasteiger partial charge in [-0.1, -0.05) is 13.3 Å². The van der Waals surface area contributed by atoms with Crippen LogP contribution in [0.4, 0.5) is 0 Å². The molecule has 8 heteroatoms. The number of aromatic amines is 1. The Morgan fingerprint density at radius 3 is 2.65 bits per heavy atom. The maximum atomic E-state index is 12.4. The van der Waals surface area contributed by atoms with Crippen molar-refractivity contribution in [2.75, 3.05) is 6.26 Å². The van der Waals surface area contributed by atoms with Crippen molar-refractivity contribution in [3.05, 3.63) is 41.5 Å². The van der Waals surface area contributed by atoms with Crippen LogP contribution in [0.25, 0.3) is 0 Å². The van der Waals surface area contributed by atoms with Crippen molar-refractivity contribution in [1.82, 2.24) is 20.5 Å². The molecule has 2 heterocycles. The van der Waals surface area contributed by atoms with Gasteiger partial charge in [-0.2, -0.15) is 5.10 Å². The highest BCUT2D eigenvalue weighted by atomic mass is 32.2. The number of H-pyrrole nitrogens is 1. The maximum absolute atomic E-state index is 12.4. The van der Waals surface area contributed by atoms with E-state index < -0.39 is 9.84 Å². The van der Waals surface area contributed by atoms with Crippen LogP contribution in [0.3, 0.4) is 0 Å². The van der Waals surface area contributed by atoms with Gasteiger partial charge in [0, 0.05) is 24.3 Å². The molecule has 0 fully saturated rings. The van der Waals surface area contributed by atoms with Gasteiger partial charge in [0.25, 0.3) is 5.91 Å². The fraction of sp³-hybridized carbons (Fsp3) is 0.400. The summed E-state index contributed by atoms with van der Waals surface area (Å²) in [7, 11) is -3.34. The zero-order valence-corrected chi connectivity index (χ0v) is 14.1. The standard InChI is InChI=1S/C15H20N4O3S/c1-4-5-14(18-15(20)13-9-17-19-10(13)2)11-6-12(8-16-7-11)23(3,21)22/h6-9,14H,4-5H2,1-3H3,(H,17,19)(H,18,20). The van der Waals surface area contributed by atoms with Gasteiger partial charge in [0.15, 0.2) is 9.84 Å². The van der Waals surface area contributed by atoms with Crippen molar-refractivity contribution >= 4 is 15.7 Å². The van der Waals surface area contributed by atoms with E-state index in [1.807, 2.05) is 6.92 Å². The maximum Gasteiger partial charge on any atom is 0.255 e. The molecule has 124 valence electrons. The number of pyridine rings is 1. The molecule has 0 bridgehead atoms. The monoisotopic (exact) mass is 336 g/mol. The molecule has 0 saturated carbocycles. The van der Waals surface area contributed by atoms with Gasteiger partial charge < -0.3 is 5.32 Å². The Labute approximate surface area is 135 Å². The van der Waals surface area contributed by atoms with Crippen molar-refractivity contribution in [2.24, 2.45) is 0 Å². The summed E-state index contributed by atoms with van der Waals surface area (Å²) >= 11 is 0. The smallest absolute Gasteiger partial charge is 0.255 e. The van der Waals surface area contributed by atoms with Crippen molar-refractivity contribution in [1.29, 1.82) is 0 Å². The van der Waals surface area contributed by atoms with Crippen LogP contribution in [0.2, 0.25) is 0 Å². The summed E-state index contributed by atoms with van der Waals surface area (Å²) in [4.78, 5) is 16.5. The average molecular weight is 336 g/mol. The molecule has 2 aromatic heterocycles. The molecular formula is C15H20N4O3S. The number of hydrogen-bond acceptors (Lipinski definition) is 5. The molecule has 0 radical (unpaired) electrons. The summed E-state index contributed by atoms with van der Waals surface area (Å²) in [6, 6.07) is 1.25. The van der Waals surface area contributed by atoms with Crippen LogP contribution in [0, 0.1) is 6.92 Å². The summed E-state index contributed by atoms with van der Waals surface area (Å²) in [6.45, 7) is 3.76. The molecule has 2 aromatic rings. The van der Waals surface area contributed by atoms with E-state index in [0.29, 0.717) is 23.2 Å². The number of carbonyl (C=O) groups is 1. The zero-order chi connectivity index (χ0) is 17.0. The molecule has 1 amide bonds. The van der Waals surface area contributed by atoms with Crippen molar-refractivity contribution in [2.45, 2.75) is 37.6 Å². The number of sulfone groups is 1. The number of rotatable bonds is 6. The van der Waals surface area contributed by atoms with E-state index in [1.54, 1.807) is 19.2 Å². The van der Waals surface area contributed by atoms with E-state index in [2.05, 4.69) is 20.5 Å². The van der Waals surface area contributed by atoms with Crippen molar-refractivity contribution < 1.29 is 13.2 Å². The molecule has 2 N–H and O–H groups in total. The molecule has 0 saturated heterocycles. The largest absolute Gasteiger partial charge is 0.345 e. The van der Waals surface area contributed by atoms with Gasteiger partial charge in [-0.3, -0.25) is 14.9 Å². The quantitative estimate of drug-likeness (QED) is 0.837. The van der Waals surface area contributed by atoms with Crippen molar-refractivity contribution in [3.63, 3.8) is 0 Å². The summed E-state index contributed by atoms with van der Waals surface area (Å²) in [5.74, 6) is -0.251. The SMILES string of the molecule is CCCC(NC(=O)c1cn[nH]c1C)c1cncc(S(C)(=O)=O)c1. The van der Waals surface area contributed by atoms with Crippen LogP contribution in [0.5, 0.6) is 0 Å². The summed E-state index contributed by atoms with van der Waals surface area (Å²) in [6.07, 6.45) is 7.01. The lowest BCUT2D eigenvalue weighted by Crippen LogP contribution is -2.29. The lowest BCUT2D eigenvalue weighted by molar-refractivity contribution is 0.0934. The minimum Gasteiger partial charge on any atom is -0.345 e. The first-order valence-corrected chi connectivity index (χ1v) is 9.18. The van der Waals surface area contributed by atoms with Crippen LogP contribution in [0.15, 0.2) is 29.6 Å². The Hall–Kier alpha value is -2.22. The highest BCUT2D eigenvalue weighted by molar-refractivity contribution is 7.90. The van der Waals surface area contributed by atoms with E-state index >= 15 is 0 Å². The van der Waals surface area contributed by atoms with Gasteiger partial charge in [0.05, 0.1) is 22.7 Å². The first-order valence-electron chi connectivity index (χ1n) is 7.28. The molecular weight excluding hydrogens is 316 g/mol. The molecule has 0 aliphatic carbocycles. The predicted octanol–water partition coefficient (Wildman–Crippen LogP) is 1.79. The van der Waals surface area contributed by atoms with E-state index in [1.165, 1.54) is 12.4 Å². The lowest BCUT2D eigenvalue weighted by Gasteiger charge is -2.18. The number of nitrogens with zero attached hydrogens (tertiary/aromatic N) is 2. The van der Waals surface area contributed by atoms with Gasteiger partial charge in [-0.15, -0.1) is 0 Å². The molecule has 23 heavy (non-hydrogen) atoms. The second-order valence-corrected chi connectivity index (χ2v) is 7.47. The first-order chi connectivity index (χ1) is 10.8. The number of hydrogen-bond donors (Lipinski definition) is 2. The zero-order valence-electron chi connectivity index (χ0n) is 13.3. The highest BCUT2D eigenvalue weighted by Gasteiger charge is 2.19. The minimum absolute atomic E-state index is 0.143. The van der Waals surface area contributed by atoms with E-state index in [4.69, 9.17) is 0 Å². The van der Waals surface area contributed by atoms with Crippen LogP contribution >= 0.6 is 0 Å². The highest BCUT2D eigenvalue weighted by Crippen LogP contribution is 2.21. The van der Waals surface area contributed by atoms with E-state index in [0.717, 1.165) is 12.7 Å². The fourth-order valence-electron chi connectivity index (χ4n) is 2.26. The molecule has 0 aliphatic rings. The molecule has 1 unspecified atom stereocenters.